The first kappa shape index (κ1) is 30.5. The number of carbonyl (C=O) groups is 4. The summed E-state index contributed by atoms with van der Waals surface area (Å²) in [5.41, 5.74) is 0.785. The van der Waals surface area contributed by atoms with Crippen molar-refractivity contribution in [2.24, 2.45) is 16.6 Å². The lowest BCUT2D eigenvalue weighted by atomic mass is 9.46. The number of aliphatic hydroxyl groups is 3. The SMILES string of the molecule is CC(=O)Nc1ccc(C#Cc2ccc(O)c3c2C[C@@]2(C)C[C@@]4(C)[C@H](N(C)C)C(=O)C(C(N)=O)=C(O)[C@@]4(O)C(=O)C2=C3O)cc1. The highest BCUT2D eigenvalue weighted by molar-refractivity contribution is 6.25. The molecular formula is C33H33N3O8. The molecule has 44 heavy (non-hydrogen) atoms. The zero-order valence-electron chi connectivity index (χ0n) is 24.9. The zero-order valence-corrected chi connectivity index (χ0v) is 24.9. The summed E-state index contributed by atoms with van der Waals surface area (Å²) < 4.78 is 0. The van der Waals surface area contributed by atoms with Crippen LogP contribution in [0.2, 0.25) is 0 Å². The number of phenolic OH excluding ortho intramolecular Hbond substituents is 1. The van der Waals surface area contributed by atoms with Crippen LogP contribution in [0.4, 0.5) is 5.69 Å². The number of aliphatic hydroxyl groups excluding tert-OH is 2. The summed E-state index contributed by atoms with van der Waals surface area (Å²) in [6, 6.07) is 8.55. The summed E-state index contributed by atoms with van der Waals surface area (Å²) in [7, 11) is 3.10. The van der Waals surface area contributed by atoms with E-state index in [9.17, 15) is 39.6 Å². The van der Waals surface area contributed by atoms with Crippen molar-refractivity contribution in [2.45, 2.75) is 45.3 Å². The van der Waals surface area contributed by atoms with Crippen LogP contribution in [0.15, 0.2) is 53.3 Å². The number of hydrogen-bond donors (Lipinski definition) is 6. The van der Waals surface area contributed by atoms with Gasteiger partial charge in [0.25, 0.3) is 5.91 Å². The number of likely N-dealkylation sites (N-methyl/N-ethyl adjacent to an activating group) is 1. The summed E-state index contributed by atoms with van der Waals surface area (Å²) in [4.78, 5) is 52.9. The minimum atomic E-state index is -2.78. The van der Waals surface area contributed by atoms with Crippen molar-refractivity contribution in [1.29, 1.82) is 0 Å². The summed E-state index contributed by atoms with van der Waals surface area (Å²) in [6.45, 7) is 4.60. The smallest absolute Gasteiger partial charge is 0.255 e. The third-order valence-corrected chi connectivity index (χ3v) is 9.06. The number of carbonyl (C=O) groups excluding carboxylic acids is 4. The Bertz CT molecular complexity index is 1790. The molecule has 1 fully saturated rings. The van der Waals surface area contributed by atoms with Crippen molar-refractivity contribution >= 4 is 34.8 Å². The molecule has 0 aromatic heterocycles. The molecule has 0 radical (unpaired) electrons. The monoisotopic (exact) mass is 599 g/mol. The van der Waals surface area contributed by atoms with Crippen LogP contribution in [0.3, 0.4) is 0 Å². The first-order valence-electron chi connectivity index (χ1n) is 13.9. The van der Waals surface area contributed by atoms with Crippen LogP contribution >= 0.6 is 0 Å². The molecule has 3 aliphatic rings. The van der Waals surface area contributed by atoms with Gasteiger partial charge in [0.15, 0.2) is 11.4 Å². The number of aromatic hydroxyl groups is 1. The predicted molar refractivity (Wildman–Crippen MR) is 160 cm³/mol. The maximum Gasteiger partial charge on any atom is 0.255 e. The maximum absolute atomic E-state index is 14.3. The van der Waals surface area contributed by atoms with Crippen LogP contribution in [0.5, 0.6) is 5.75 Å². The number of benzene rings is 2. The second-order valence-electron chi connectivity index (χ2n) is 12.4. The van der Waals surface area contributed by atoms with Gasteiger partial charge in [-0.05, 0) is 68.9 Å². The number of primary amides is 1. The van der Waals surface area contributed by atoms with E-state index in [-0.39, 0.29) is 35.6 Å². The Kier molecular flexibility index (Phi) is 6.99. The Balaban J connectivity index is 1.69. The van der Waals surface area contributed by atoms with Gasteiger partial charge in [-0.2, -0.15) is 0 Å². The Labute approximate surface area is 253 Å². The van der Waals surface area contributed by atoms with Gasteiger partial charge in [-0.25, -0.2) is 0 Å². The molecule has 1 saturated carbocycles. The van der Waals surface area contributed by atoms with Crippen LogP contribution in [-0.2, 0) is 25.6 Å². The van der Waals surface area contributed by atoms with E-state index in [1.807, 2.05) is 0 Å². The minimum absolute atomic E-state index is 0.0412. The van der Waals surface area contributed by atoms with Gasteiger partial charge in [0.2, 0.25) is 11.7 Å². The van der Waals surface area contributed by atoms with Gasteiger partial charge in [-0.1, -0.05) is 25.7 Å². The Morgan fingerprint density at radius 2 is 1.66 bits per heavy atom. The lowest BCUT2D eigenvalue weighted by Gasteiger charge is -2.59. The van der Waals surface area contributed by atoms with Crippen LogP contribution in [0, 0.1) is 22.7 Å². The second-order valence-corrected chi connectivity index (χ2v) is 12.4. The summed E-state index contributed by atoms with van der Waals surface area (Å²) >= 11 is 0. The van der Waals surface area contributed by atoms with Gasteiger partial charge in [0, 0.05) is 40.1 Å². The summed E-state index contributed by atoms with van der Waals surface area (Å²) in [5, 5.41) is 48.4. The molecule has 11 nitrogen and oxygen atoms in total. The molecule has 3 aliphatic carbocycles. The average molecular weight is 600 g/mol. The van der Waals surface area contributed by atoms with E-state index in [2.05, 4.69) is 17.2 Å². The summed E-state index contributed by atoms with van der Waals surface area (Å²) in [5.74, 6) is 0.621. The molecule has 0 spiro atoms. The molecule has 5 rings (SSSR count). The lowest BCUT2D eigenvalue weighted by molar-refractivity contribution is -0.176. The van der Waals surface area contributed by atoms with Crippen LogP contribution in [-0.4, -0.2) is 74.4 Å². The molecule has 4 atom stereocenters. The average Bonchev–Trinajstić information content (AvgIpc) is 2.90. The number of phenols is 1. The lowest BCUT2D eigenvalue weighted by Crippen LogP contribution is -2.72. The Morgan fingerprint density at radius 1 is 1.02 bits per heavy atom. The van der Waals surface area contributed by atoms with Gasteiger partial charge in [0.05, 0.1) is 11.6 Å². The van der Waals surface area contributed by atoms with Crippen LogP contribution in [0.1, 0.15) is 49.4 Å². The molecular weight excluding hydrogens is 566 g/mol. The molecule has 0 saturated heterocycles. The minimum Gasteiger partial charge on any atom is -0.508 e. The van der Waals surface area contributed by atoms with E-state index < -0.39 is 57.0 Å². The van der Waals surface area contributed by atoms with Gasteiger partial charge < -0.3 is 31.5 Å². The van der Waals surface area contributed by atoms with Crippen molar-refractivity contribution in [1.82, 2.24) is 4.90 Å². The molecule has 7 N–H and O–H groups in total. The number of fused-ring (bicyclic) bond motifs is 3. The number of ketones is 2. The van der Waals surface area contributed by atoms with Crippen LogP contribution in [0.25, 0.3) is 5.76 Å². The molecule has 0 aliphatic heterocycles. The second kappa shape index (κ2) is 10.1. The fourth-order valence-electron chi connectivity index (χ4n) is 7.42. The zero-order chi connectivity index (χ0) is 32.5. The Hall–Kier alpha value is -4.92. The first-order valence-corrected chi connectivity index (χ1v) is 13.9. The van der Waals surface area contributed by atoms with E-state index in [0.29, 0.717) is 22.4 Å². The number of nitrogens with two attached hydrogens (primary N) is 1. The molecule has 2 aromatic carbocycles. The number of nitrogens with zero attached hydrogens (tertiary/aromatic N) is 1. The fraction of sp³-hybridized carbons (Fsp3) is 0.333. The largest absolute Gasteiger partial charge is 0.508 e. The normalized spacial score (nSPS) is 27.7. The van der Waals surface area contributed by atoms with E-state index in [0.717, 1.165) is 0 Å². The number of hydrogen-bond acceptors (Lipinski definition) is 9. The van der Waals surface area contributed by atoms with Crippen molar-refractivity contribution in [3.63, 3.8) is 0 Å². The Morgan fingerprint density at radius 3 is 2.23 bits per heavy atom. The number of anilines is 1. The highest BCUT2D eigenvalue weighted by atomic mass is 16.3. The van der Waals surface area contributed by atoms with E-state index in [1.165, 1.54) is 24.8 Å². The van der Waals surface area contributed by atoms with E-state index in [1.54, 1.807) is 51.4 Å². The molecule has 11 heteroatoms. The van der Waals surface area contributed by atoms with Gasteiger partial charge >= 0.3 is 0 Å². The topological polar surface area (TPSA) is 190 Å². The highest BCUT2D eigenvalue weighted by Gasteiger charge is 2.72. The van der Waals surface area contributed by atoms with E-state index >= 15 is 0 Å². The van der Waals surface area contributed by atoms with Crippen molar-refractivity contribution < 1.29 is 39.6 Å². The third kappa shape index (κ3) is 4.21. The standard InChI is InChI=1S/C33H33N3O8/c1-16(37)35-19-11-7-17(8-12-19)6-9-18-10-13-21(38)22-20(18)14-31(2)15-32(3)27(36(4)5)26(40)23(30(34)43)28(41)33(32,44)29(42)24(31)25(22)39/h7-8,10-13,27,38-39,41,44H,14-15H2,1-5H3,(H2,34,43)(H,35,37)/t27-,31+,32+,33-/m1/s1. The molecule has 0 heterocycles. The molecule has 0 unspecified atom stereocenters. The fourth-order valence-corrected chi connectivity index (χ4v) is 7.42. The quantitative estimate of drug-likeness (QED) is 0.227. The van der Waals surface area contributed by atoms with Crippen molar-refractivity contribution in [3.05, 3.63) is 75.6 Å². The molecule has 0 bridgehead atoms. The van der Waals surface area contributed by atoms with E-state index in [4.69, 9.17) is 5.73 Å². The number of nitrogens with one attached hydrogen (secondary N) is 1. The number of amides is 2. The van der Waals surface area contributed by atoms with Crippen molar-refractivity contribution in [3.8, 4) is 17.6 Å². The predicted octanol–water partition coefficient (Wildman–Crippen LogP) is 2.10. The van der Waals surface area contributed by atoms with Gasteiger partial charge in [-0.3, -0.25) is 24.1 Å². The highest BCUT2D eigenvalue weighted by Crippen LogP contribution is 2.63. The maximum atomic E-state index is 14.3. The molecule has 228 valence electrons. The van der Waals surface area contributed by atoms with Gasteiger partial charge in [0.1, 0.15) is 22.8 Å². The summed E-state index contributed by atoms with van der Waals surface area (Å²) in [6.07, 6.45) is -0.000587. The third-order valence-electron chi connectivity index (χ3n) is 9.06. The molecule has 2 aromatic rings. The number of rotatable bonds is 3. The van der Waals surface area contributed by atoms with Gasteiger partial charge in [-0.15, -0.1) is 0 Å². The number of Topliss-reactive ketones (excluding diaryl/α,β-unsaturated/α-hetero) is 2. The first-order chi connectivity index (χ1) is 20.5. The van der Waals surface area contributed by atoms with Crippen LogP contribution < -0.4 is 11.1 Å². The van der Waals surface area contributed by atoms with Crippen molar-refractivity contribution in [2.75, 3.05) is 19.4 Å². The molecule has 2 amide bonds.